The Labute approximate surface area is 125 Å². The monoisotopic (exact) mass is 285 g/mol. The lowest BCUT2D eigenvalue weighted by atomic mass is 9.95. The standard InChI is InChI=1S/C17H23N3O/c1-13-6-5-7-14-12-18-20(17(13)14)11-10-16(21)19-15-8-3-2-4-9-15/h5-7,12,15H,2-4,8-11H2,1H3,(H,19,21). The minimum atomic E-state index is 0.152. The van der Waals surface area contributed by atoms with Gasteiger partial charge in [0, 0.05) is 17.8 Å². The maximum absolute atomic E-state index is 12.1. The number of aromatic nitrogens is 2. The van der Waals surface area contributed by atoms with Gasteiger partial charge >= 0.3 is 0 Å². The minimum Gasteiger partial charge on any atom is -0.353 e. The van der Waals surface area contributed by atoms with E-state index in [2.05, 4.69) is 29.5 Å². The number of carbonyl (C=O) groups excluding carboxylic acids is 1. The number of hydrogen-bond acceptors (Lipinski definition) is 2. The predicted octanol–water partition coefficient (Wildman–Crippen LogP) is 3.18. The average Bonchev–Trinajstić information content (AvgIpc) is 2.91. The summed E-state index contributed by atoms with van der Waals surface area (Å²) >= 11 is 0. The number of rotatable bonds is 4. The smallest absolute Gasteiger partial charge is 0.222 e. The number of para-hydroxylation sites is 1. The first-order valence-electron chi connectivity index (χ1n) is 7.94. The maximum Gasteiger partial charge on any atom is 0.222 e. The van der Waals surface area contributed by atoms with Crippen molar-refractivity contribution in [2.45, 2.75) is 58.0 Å². The summed E-state index contributed by atoms with van der Waals surface area (Å²) in [7, 11) is 0. The first kappa shape index (κ1) is 14.1. The second-order valence-corrected chi connectivity index (χ2v) is 6.03. The van der Waals surface area contributed by atoms with Crippen LogP contribution in [0.3, 0.4) is 0 Å². The van der Waals surface area contributed by atoms with E-state index in [9.17, 15) is 4.79 Å². The van der Waals surface area contributed by atoms with Crippen molar-refractivity contribution in [3.8, 4) is 0 Å². The Bertz CT molecular complexity index is 626. The van der Waals surface area contributed by atoms with Gasteiger partial charge in [0.1, 0.15) is 0 Å². The topological polar surface area (TPSA) is 46.9 Å². The lowest BCUT2D eigenvalue weighted by molar-refractivity contribution is -0.122. The molecule has 4 heteroatoms. The van der Waals surface area contributed by atoms with Gasteiger partial charge < -0.3 is 5.32 Å². The zero-order valence-electron chi connectivity index (χ0n) is 12.6. The van der Waals surface area contributed by atoms with Crippen LogP contribution in [0.5, 0.6) is 0 Å². The molecule has 0 radical (unpaired) electrons. The van der Waals surface area contributed by atoms with Crippen molar-refractivity contribution >= 4 is 16.8 Å². The molecule has 0 spiro atoms. The Morgan fingerprint density at radius 2 is 2.14 bits per heavy atom. The van der Waals surface area contributed by atoms with Gasteiger partial charge in [0.2, 0.25) is 5.91 Å². The molecule has 0 atom stereocenters. The molecule has 1 aliphatic carbocycles. The number of hydrogen-bond donors (Lipinski definition) is 1. The molecule has 1 amide bonds. The van der Waals surface area contributed by atoms with E-state index < -0.39 is 0 Å². The van der Waals surface area contributed by atoms with E-state index in [0.717, 1.165) is 23.7 Å². The van der Waals surface area contributed by atoms with Crippen molar-refractivity contribution < 1.29 is 4.79 Å². The molecule has 0 aliphatic heterocycles. The molecule has 1 heterocycles. The van der Waals surface area contributed by atoms with Crippen LogP contribution in [0, 0.1) is 6.92 Å². The molecule has 0 saturated heterocycles. The van der Waals surface area contributed by atoms with E-state index in [1.54, 1.807) is 0 Å². The summed E-state index contributed by atoms with van der Waals surface area (Å²) < 4.78 is 1.95. The largest absolute Gasteiger partial charge is 0.353 e. The van der Waals surface area contributed by atoms with Crippen molar-refractivity contribution in [3.63, 3.8) is 0 Å². The summed E-state index contributed by atoms with van der Waals surface area (Å²) in [6, 6.07) is 6.58. The van der Waals surface area contributed by atoms with Crippen LogP contribution >= 0.6 is 0 Å². The zero-order chi connectivity index (χ0) is 14.7. The Morgan fingerprint density at radius 3 is 2.95 bits per heavy atom. The quantitative estimate of drug-likeness (QED) is 0.937. The molecule has 2 aromatic rings. The summed E-state index contributed by atoms with van der Waals surface area (Å²) in [5.74, 6) is 0.152. The van der Waals surface area contributed by atoms with Crippen molar-refractivity contribution in [2.75, 3.05) is 0 Å². The first-order chi connectivity index (χ1) is 10.2. The summed E-state index contributed by atoms with van der Waals surface area (Å²) in [5.41, 5.74) is 2.35. The average molecular weight is 285 g/mol. The molecule has 0 bridgehead atoms. The molecule has 21 heavy (non-hydrogen) atoms. The lowest BCUT2D eigenvalue weighted by Crippen LogP contribution is -2.36. The van der Waals surface area contributed by atoms with Crippen molar-refractivity contribution in [3.05, 3.63) is 30.0 Å². The summed E-state index contributed by atoms with van der Waals surface area (Å²) in [4.78, 5) is 12.1. The van der Waals surface area contributed by atoms with E-state index in [1.165, 1.54) is 24.8 Å². The van der Waals surface area contributed by atoms with Crippen molar-refractivity contribution in [1.29, 1.82) is 0 Å². The number of fused-ring (bicyclic) bond motifs is 1. The predicted molar refractivity (Wildman–Crippen MR) is 84.1 cm³/mol. The molecular formula is C17H23N3O. The van der Waals surface area contributed by atoms with Gasteiger partial charge in [0.05, 0.1) is 18.3 Å². The molecule has 1 N–H and O–H groups in total. The number of carbonyl (C=O) groups is 1. The van der Waals surface area contributed by atoms with Gasteiger partial charge in [-0.1, -0.05) is 37.5 Å². The highest BCUT2D eigenvalue weighted by Gasteiger charge is 2.15. The van der Waals surface area contributed by atoms with E-state index in [1.807, 2.05) is 16.9 Å². The lowest BCUT2D eigenvalue weighted by Gasteiger charge is -2.22. The van der Waals surface area contributed by atoms with Crippen LogP contribution in [-0.2, 0) is 11.3 Å². The molecule has 3 rings (SSSR count). The van der Waals surface area contributed by atoms with Gasteiger partial charge in [0.15, 0.2) is 0 Å². The SMILES string of the molecule is Cc1cccc2cnn(CCC(=O)NC3CCCCC3)c12. The number of amides is 1. The maximum atomic E-state index is 12.1. The summed E-state index contributed by atoms with van der Waals surface area (Å²) in [6.07, 6.45) is 8.45. The summed E-state index contributed by atoms with van der Waals surface area (Å²) in [5, 5.41) is 8.72. The van der Waals surface area contributed by atoms with Gasteiger partial charge in [-0.2, -0.15) is 5.10 Å². The number of aryl methyl sites for hydroxylation is 2. The van der Waals surface area contributed by atoms with Gasteiger partial charge in [-0.3, -0.25) is 9.48 Å². The molecule has 1 aromatic heterocycles. The second-order valence-electron chi connectivity index (χ2n) is 6.03. The molecule has 1 saturated carbocycles. The van der Waals surface area contributed by atoms with Gasteiger partial charge in [-0.25, -0.2) is 0 Å². The second kappa shape index (κ2) is 6.29. The van der Waals surface area contributed by atoms with Crippen LogP contribution in [0.1, 0.15) is 44.1 Å². The highest BCUT2D eigenvalue weighted by Crippen LogP contribution is 2.19. The fraction of sp³-hybridized carbons (Fsp3) is 0.529. The van der Waals surface area contributed by atoms with E-state index in [4.69, 9.17) is 0 Å². The first-order valence-corrected chi connectivity index (χ1v) is 7.94. The van der Waals surface area contributed by atoms with E-state index >= 15 is 0 Å². The number of nitrogens with one attached hydrogen (secondary N) is 1. The van der Waals surface area contributed by atoms with Gasteiger partial charge in [-0.15, -0.1) is 0 Å². The molecule has 112 valence electrons. The van der Waals surface area contributed by atoms with Crippen LogP contribution < -0.4 is 5.32 Å². The molecule has 4 nitrogen and oxygen atoms in total. The van der Waals surface area contributed by atoms with Crippen molar-refractivity contribution in [2.24, 2.45) is 0 Å². The van der Waals surface area contributed by atoms with E-state index in [-0.39, 0.29) is 5.91 Å². The minimum absolute atomic E-state index is 0.152. The van der Waals surface area contributed by atoms with Gasteiger partial charge in [-0.05, 0) is 25.3 Å². The number of nitrogens with zero attached hydrogens (tertiary/aromatic N) is 2. The normalized spacial score (nSPS) is 16.2. The summed E-state index contributed by atoms with van der Waals surface area (Å²) in [6.45, 7) is 2.73. The molecule has 0 unspecified atom stereocenters. The van der Waals surface area contributed by atoms with Crippen LogP contribution in [0.2, 0.25) is 0 Å². The third-order valence-electron chi connectivity index (χ3n) is 4.38. The van der Waals surface area contributed by atoms with Crippen LogP contribution in [0.4, 0.5) is 0 Å². The zero-order valence-corrected chi connectivity index (χ0v) is 12.6. The molecule has 1 aromatic carbocycles. The Kier molecular flexibility index (Phi) is 4.23. The molecular weight excluding hydrogens is 262 g/mol. The fourth-order valence-electron chi connectivity index (χ4n) is 3.25. The highest BCUT2D eigenvalue weighted by molar-refractivity contribution is 5.82. The van der Waals surface area contributed by atoms with Crippen LogP contribution in [0.15, 0.2) is 24.4 Å². The van der Waals surface area contributed by atoms with Gasteiger partial charge in [0.25, 0.3) is 0 Å². The molecule has 1 fully saturated rings. The Hall–Kier alpha value is -1.84. The third-order valence-corrected chi connectivity index (χ3v) is 4.38. The Morgan fingerprint density at radius 1 is 1.33 bits per heavy atom. The van der Waals surface area contributed by atoms with E-state index in [0.29, 0.717) is 19.0 Å². The third kappa shape index (κ3) is 3.26. The highest BCUT2D eigenvalue weighted by atomic mass is 16.1. The Balaban J connectivity index is 1.59. The van der Waals surface area contributed by atoms with Crippen molar-refractivity contribution in [1.82, 2.24) is 15.1 Å². The van der Waals surface area contributed by atoms with Crippen LogP contribution in [0.25, 0.3) is 10.9 Å². The van der Waals surface area contributed by atoms with Crippen LogP contribution in [-0.4, -0.2) is 21.7 Å². The number of benzene rings is 1. The fourth-order valence-corrected chi connectivity index (χ4v) is 3.25. The molecule has 1 aliphatic rings.